The first-order valence-electron chi connectivity index (χ1n) is 9.66. The van der Waals surface area contributed by atoms with Crippen LogP contribution < -0.4 is 4.74 Å². The first-order valence-corrected chi connectivity index (χ1v) is 11.1. The molecule has 0 aliphatic carbocycles. The summed E-state index contributed by atoms with van der Waals surface area (Å²) in [6.45, 7) is 0.957. The summed E-state index contributed by atoms with van der Waals surface area (Å²) in [6, 6.07) is 10.3. The molecule has 1 fully saturated rings. The van der Waals surface area contributed by atoms with Crippen molar-refractivity contribution in [2.24, 2.45) is 5.92 Å². The number of hydrogen-bond donors (Lipinski definition) is 0. The number of piperidine rings is 1. The molecule has 0 spiro atoms. The number of hydrogen-bond acceptors (Lipinski definition) is 4. The third-order valence-electron chi connectivity index (χ3n) is 5.07. The van der Waals surface area contributed by atoms with Gasteiger partial charge in [0.2, 0.25) is 15.9 Å². The van der Waals surface area contributed by atoms with Gasteiger partial charge in [-0.15, -0.1) is 0 Å². The Labute approximate surface area is 175 Å². The summed E-state index contributed by atoms with van der Waals surface area (Å²) >= 11 is 0. The number of carbonyl (C=O) groups is 1. The maximum absolute atomic E-state index is 13.1. The Morgan fingerprint density at radius 3 is 2.33 bits per heavy atom. The largest absolute Gasteiger partial charge is 0.492 e. The highest BCUT2D eigenvalue weighted by atomic mass is 32.2. The molecule has 3 rings (SSSR count). The van der Waals surface area contributed by atoms with Crippen LogP contribution in [0, 0.1) is 17.6 Å². The minimum absolute atomic E-state index is 0.0121. The number of likely N-dealkylation sites (N-methyl/N-ethyl adjacent to an activating group) is 1. The predicted octanol–water partition coefficient (Wildman–Crippen LogP) is 2.90. The van der Waals surface area contributed by atoms with E-state index >= 15 is 0 Å². The molecule has 1 aliphatic heterocycles. The number of halogens is 2. The molecule has 1 atom stereocenters. The monoisotopic (exact) mass is 438 g/mol. The highest BCUT2D eigenvalue weighted by Crippen LogP contribution is 2.25. The van der Waals surface area contributed by atoms with Crippen molar-refractivity contribution in [2.45, 2.75) is 17.7 Å². The number of nitrogens with zero attached hydrogens (tertiary/aromatic N) is 2. The highest BCUT2D eigenvalue weighted by molar-refractivity contribution is 7.89. The molecule has 0 N–H and O–H groups in total. The van der Waals surface area contributed by atoms with Gasteiger partial charge in [0.15, 0.2) is 0 Å². The van der Waals surface area contributed by atoms with Crippen LogP contribution in [0.25, 0.3) is 0 Å². The van der Waals surface area contributed by atoms with Gasteiger partial charge in [0, 0.05) is 20.1 Å². The van der Waals surface area contributed by atoms with E-state index < -0.39 is 21.8 Å². The van der Waals surface area contributed by atoms with Crippen molar-refractivity contribution in [1.82, 2.24) is 9.21 Å². The summed E-state index contributed by atoms with van der Waals surface area (Å²) in [6.07, 6.45) is 1.16. The number of sulfonamides is 1. The number of amides is 1. The van der Waals surface area contributed by atoms with Gasteiger partial charge in [-0.2, -0.15) is 4.31 Å². The first kappa shape index (κ1) is 22.2. The van der Waals surface area contributed by atoms with Crippen LogP contribution in [0.2, 0.25) is 0 Å². The molecule has 6 nitrogen and oxygen atoms in total. The van der Waals surface area contributed by atoms with E-state index in [9.17, 15) is 22.0 Å². The van der Waals surface area contributed by atoms with E-state index in [-0.39, 0.29) is 29.8 Å². The number of rotatable bonds is 7. The zero-order valence-corrected chi connectivity index (χ0v) is 17.4. The lowest BCUT2D eigenvalue weighted by atomic mass is 9.98. The molecule has 162 valence electrons. The number of ether oxygens (including phenoxy) is 1. The molecule has 1 amide bonds. The van der Waals surface area contributed by atoms with Gasteiger partial charge in [-0.1, -0.05) is 0 Å². The van der Waals surface area contributed by atoms with E-state index in [2.05, 4.69) is 0 Å². The fourth-order valence-corrected chi connectivity index (χ4v) is 4.89. The van der Waals surface area contributed by atoms with Crippen molar-refractivity contribution >= 4 is 15.9 Å². The van der Waals surface area contributed by atoms with E-state index in [0.29, 0.717) is 31.7 Å². The topological polar surface area (TPSA) is 66.9 Å². The van der Waals surface area contributed by atoms with Crippen LogP contribution in [0.15, 0.2) is 53.4 Å². The second-order valence-corrected chi connectivity index (χ2v) is 9.16. The summed E-state index contributed by atoms with van der Waals surface area (Å²) in [7, 11) is -2.14. The van der Waals surface area contributed by atoms with Crippen molar-refractivity contribution in [3.63, 3.8) is 0 Å². The fraction of sp³-hybridized carbons (Fsp3) is 0.381. The molecule has 0 bridgehead atoms. The van der Waals surface area contributed by atoms with Crippen molar-refractivity contribution < 1.29 is 26.7 Å². The van der Waals surface area contributed by atoms with Crippen LogP contribution >= 0.6 is 0 Å². The van der Waals surface area contributed by atoms with E-state index in [1.807, 2.05) is 0 Å². The number of benzene rings is 2. The molecule has 1 unspecified atom stereocenters. The summed E-state index contributed by atoms with van der Waals surface area (Å²) in [5, 5.41) is 0. The third kappa shape index (κ3) is 5.34. The van der Waals surface area contributed by atoms with Gasteiger partial charge in [0.25, 0.3) is 0 Å². The molecular formula is C21H24F2N2O4S. The minimum Gasteiger partial charge on any atom is -0.492 e. The van der Waals surface area contributed by atoms with Crippen LogP contribution in [0.3, 0.4) is 0 Å². The molecule has 0 radical (unpaired) electrons. The Morgan fingerprint density at radius 1 is 1.10 bits per heavy atom. The lowest BCUT2D eigenvalue weighted by Crippen LogP contribution is -2.46. The molecule has 0 aromatic heterocycles. The normalized spacial score (nSPS) is 17.5. The Bertz CT molecular complexity index is 966. The van der Waals surface area contributed by atoms with E-state index in [0.717, 1.165) is 12.1 Å². The van der Waals surface area contributed by atoms with Crippen LogP contribution in [-0.2, 0) is 14.8 Å². The Balaban J connectivity index is 1.56. The van der Waals surface area contributed by atoms with Gasteiger partial charge in [-0.05, 0) is 61.4 Å². The lowest BCUT2D eigenvalue weighted by molar-refractivity contribution is -0.135. The van der Waals surface area contributed by atoms with Crippen LogP contribution in [0.1, 0.15) is 12.8 Å². The van der Waals surface area contributed by atoms with Gasteiger partial charge in [0.05, 0.1) is 17.4 Å². The summed E-state index contributed by atoms with van der Waals surface area (Å²) < 4.78 is 58.5. The SMILES string of the molecule is CN(CCOc1ccc(F)cc1)C(=O)C1CCCN(S(=O)(=O)c2ccc(F)cc2)C1. The standard InChI is InChI=1S/C21H24F2N2O4S/c1-24(13-14-29-19-8-4-17(22)5-9-19)21(26)16-3-2-12-25(15-16)30(27,28)20-10-6-18(23)7-11-20/h4-11,16H,2-3,12-15H2,1H3. The van der Waals surface area contributed by atoms with E-state index in [1.54, 1.807) is 7.05 Å². The van der Waals surface area contributed by atoms with Gasteiger partial charge < -0.3 is 9.64 Å². The third-order valence-corrected chi connectivity index (χ3v) is 6.95. The zero-order valence-electron chi connectivity index (χ0n) is 16.6. The summed E-state index contributed by atoms with van der Waals surface area (Å²) in [4.78, 5) is 14.3. The molecule has 1 aliphatic rings. The molecule has 1 heterocycles. The Morgan fingerprint density at radius 2 is 1.70 bits per heavy atom. The Hall–Kier alpha value is -2.52. The van der Waals surface area contributed by atoms with Gasteiger partial charge >= 0.3 is 0 Å². The molecule has 0 saturated carbocycles. The van der Waals surface area contributed by atoms with E-state index in [4.69, 9.17) is 4.74 Å². The maximum Gasteiger partial charge on any atom is 0.243 e. The van der Waals surface area contributed by atoms with Gasteiger partial charge in [0.1, 0.15) is 24.0 Å². The van der Waals surface area contributed by atoms with Crippen molar-refractivity contribution in [3.05, 3.63) is 60.2 Å². The van der Waals surface area contributed by atoms with Crippen LogP contribution in [0.5, 0.6) is 5.75 Å². The Kier molecular flexibility index (Phi) is 7.04. The molecule has 9 heteroatoms. The zero-order chi connectivity index (χ0) is 21.7. The molecule has 2 aromatic rings. The van der Waals surface area contributed by atoms with E-state index in [1.165, 1.54) is 45.6 Å². The molecule has 1 saturated heterocycles. The molecular weight excluding hydrogens is 414 g/mol. The second-order valence-electron chi connectivity index (χ2n) is 7.22. The smallest absolute Gasteiger partial charge is 0.243 e. The maximum atomic E-state index is 13.1. The van der Waals surface area contributed by atoms with Crippen molar-refractivity contribution in [1.29, 1.82) is 0 Å². The van der Waals surface area contributed by atoms with Crippen LogP contribution in [-0.4, -0.2) is 56.8 Å². The molecule has 2 aromatic carbocycles. The summed E-state index contributed by atoms with van der Waals surface area (Å²) in [5.41, 5.74) is 0. The summed E-state index contributed by atoms with van der Waals surface area (Å²) in [5.74, 6) is -0.967. The average molecular weight is 438 g/mol. The number of carbonyl (C=O) groups excluding carboxylic acids is 1. The molecule has 30 heavy (non-hydrogen) atoms. The average Bonchev–Trinajstić information content (AvgIpc) is 2.75. The van der Waals surface area contributed by atoms with Crippen molar-refractivity contribution in [3.8, 4) is 5.75 Å². The van der Waals surface area contributed by atoms with Crippen LogP contribution in [0.4, 0.5) is 8.78 Å². The quantitative estimate of drug-likeness (QED) is 0.667. The minimum atomic E-state index is -3.79. The second kappa shape index (κ2) is 9.53. The highest BCUT2D eigenvalue weighted by Gasteiger charge is 2.34. The fourth-order valence-electron chi connectivity index (χ4n) is 3.37. The van der Waals surface area contributed by atoms with Gasteiger partial charge in [-0.3, -0.25) is 4.79 Å². The van der Waals surface area contributed by atoms with Gasteiger partial charge in [-0.25, -0.2) is 17.2 Å². The lowest BCUT2D eigenvalue weighted by Gasteiger charge is -2.33. The van der Waals surface area contributed by atoms with Crippen molar-refractivity contribution in [2.75, 3.05) is 33.3 Å². The predicted molar refractivity (Wildman–Crippen MR) is 107 cm³/mol. The first-order chi connectivity index (χ1) is 14.3.